The van der Waals surface area contributed by atoms with E-state index in [2.05, 4.69) is 29.7 Å². The average molecular weight is 274 g/mol. The Morgan fingerprint density at radius 2 is 2.00 bits per heavy atom. The van der Waals surface area contributed by atoms with Crippen molar-refractivity contribution in [3.63, 3.8) is 0 Å². The van der Waals surface area contributed by atoms with Crippen LogP contribution >= 0.6 is 12.2 Å². The third-order valence-electron chi connectivity index (χ3n) is 2.75. The first-order valence-electron chi connectivity index (χ1n) is 6.44. The van der Waals surface area contributed by atoms with Crippen molar-refractivity contribution in [1.82, 2.24) is 5.32 Å². The summed E-state index contributed by atoms with van der Waals surface area (Å²) in [7, 11) is 0. The predicted molar refractivity (Wildman–Crippen MR) is 82.2 cm³/mol. The van der Waals surface area contributed by atoms with E-state index in [9.17, 15) is 0 Å². The number of hydrogen-bond acceptors (Lipinski definition) is 2. The van der Waals surface area contributed by atoms with Crippen LogP contribution in [0.1, 0.15) is 24.7 Å². The van der Waals surface area contributed by atoms with Gasteiger partial charge in [-0.05, 0) is 48.5 Å². The molecule has 0 bridgehead atoms. The molecule has 100 valence electrons. The third-order valence-corrected chi connectivity index (χ3v) is 3.00. The van der Waals surface area contributed by atoms with Gasteiger partial charge in [-0.15, -0.1) is 0 Å². The Morgan fingerprint density at radius 3 is 2.63 bits per heavy atom. The maximum absolute atomic E-state index is 5.23. The number of hydrogen-bond donors (Lipinski definition) is 2. The molecule has 0 aliphatic heterocycles. The fourth-order valence-corrected chi connectivity index (χ4v) is 1.99. The maximum atomic E-state index is 5.23. The molecule has 4 heteroatoms. The van der Waals surface area contributed by atoms with Gasteiger partial charge in [-0.1, -0.05) is 25.5 Å². The van der Waals surface area contributed by atoms with Crippen LogP contribution in [0.25, 0.3) is 0 Å². The zero-order valence-corrected chi connectivity index (χ0v) is 11.8. The monoisotopic (exact) mass is 274 g/mol. The minimum atomic E-state index is 0.590. The molecular formula is C15H18N2OS. The van der Waals surface area contributed by atoms with Crippen LogP contribution < -0.4 is 10.6 Å². The molecule has 0 spiro atoms. The molecular weight excluding hydrogens is 256 g/mol. The van der Waals surface area contributed by atoms with E-state index in [1.165, 1.54) is 5.56 Å². The Morgan fingerprint density at radius 1 is 1.21 bits per heavy atom. The van der Waals surface area contributed by atoms with Crippen LogP contribution in [0.3, 0.4) is 0 Å². The van der Waals surface area contributed by atoms with Gasteiger partial charge >= 0.3 is 0 Å². The van der Waals surface area contributed by atoms with Crippen molar-refractivity contribution in [1.29, 1.82) is 0 Å². The van der Waals surface area contributed by atoms with Gasteiger partial charge in [0.25, 0.3) is 0 Å². The quantitative estimate of drug-likeness (QED) is 0.815. The number of anilines is 1. The topological polar surface area (TPSA) is 37.2 Å². The summed E-state index contributed by atoms with van der Waals surface area (Å²) >= 11 is 5.23. The van der Waals surface area contributed by atoms with Crippen molar-refractivity contribution >= 4 is 23.0 Å². The number of thiocarbonyl (C=S) groups is 1. The second-order valence-corrected chi connectivity index (χ2v) is 4.74. The number of furan rings is 1. The average Bonchev–Trinajstić information content (AvgIpc) is 2.92. The van der Waals surface area contributed by atoms with E-state index in [1.54, 1.807) is 6.26 Å². The van der Waals surface area contributed by atoms with Gasteiger partial charge in [0.05, 0.1) is 12.8 Å². The highest BCUT2D eigenvalue weighted by Gasteiger charge is 2.00. The van der Waals surface area contributed by atoms with Gasteiger partial charge in [0.2, 0.25) is 0 Å². The van der Waals surface area contributed by atoms with Crippen LogP contribution in [0.5, 0.6) is 0 Å². The highest BCUT2D eigenvalue weighted by molar-refractivity contribution is 7.80. The van der Waals surface area contributed by atoms with Gasteiger partial charge in [-0.25, -0.2) is 0 Å². The Hall–Kier alpha value is -1.81. The summed E-state index contributed by atoms with van der Waals surface area (Å²) in [5.74, 6) is 0.863. The number of benzene rings is 1. The summed E-state index contributed by atoms with van der Waals surface area (Å²) in [6.07, 6.45) is 3.93. The standard InChI is InChI=1S/C15H18N2OS/c1-2-4-12-6-8-13(9-7-12)17-15(19)16-11-14-5-3-10-18-14/h3,5-10H,2,4,11H2,1H3,(H2,16,17,19). The molecule has 0 atom stereocenters. The second-order valence-electron chi connectivity index (χ2n) is 4.33. The van der Waals surface area contributed by atoms with Crippen molar-refractivity contribution in [3.05, 3.63) is 54.0 Å². The molecule has 0 amide bonds. The first-order chi connectivity index (χ1) is 9.28. The molecule has 0 saturated heterocycles. The van der Waals surface area contributed by atoms with Gasteiger partial charge in [-0.3, -0.25) is 0 Å². The molecule has 2 aromatic rings. The number of nitrogens with one attached hydrogen (secondary N) is 2. The zero-order chi connectivity index (χ0) is 13.5. The van der Waals surface area contributed by atoms with E-state index in [0.717, 1.165) is 24.3 Å². The van der Waals surface area contributed by atoms with Gasteiger partial charge in [0.1, 0.15) is 5.76 Å². The highest BCUT2D eigenvalue weighted by Crippen LogP contribution is 2.11. The van der Waals surface area contributed by atoms with Gasteiger partial charge in [-0.2, -0.15) is 0 Å². The zero-order valence-electron chi connectivity index (χ0n) is 11.0. The molecule has 0 aliphatic rings. The summed E-state index contributed by atoms with van der Waals surface area (Å²) in [6.45, 7) is 2.77. The van der Waals surface area contributed by atoms with Crippen LogP contribution in [-0.2, 0) is 13.0 Å². The molecule has 0 radical (unpaired) electrons. The van der Waals surface area contributed by atoms with Gasteiger partial charge in [0, 0.05) is 5.69 Å². The molecule has 1 aromatic heterocycles. The predicted octanol–water partition coefficient (Wildman–Crippen LogP) is 3.72. The summed E-state index contributed by atoms with van der Waals surface area (Å²) in [6, 6.07) is 12.1. The lowest BCUT2D eigenvalue weighted by atomic mass is 10.1. The highest BCUT2D eigenvalue weighted by atomic mass is 32.1. The Labute approximate surface area is 119 Å². The van der Waals surface area contributed by atoms with Crippen molar-refractivity contribution in [2.75, 3.05) is 5.32 Å². The van der Waals surface area contributed by atoms with E-state index in [0.29, 0.717) is 11.7 Å². The summed E-state index contributed by atoms with van der Waals surface area (Å²) in [4.78, 5) is 0. The largest absolute Gasteiger partial charge is 0.467 e. The van der Waals surface area contributed by atoms with E-state index >= 15 is 0 Å². The fraction of sp³-hybridized carbons (Fsp3) is 0.267. The fourth-order valence-electron chi connectivity index (χ4n) is 1.80. The van der Waals surface area contributed by atoms with Crippen molar-refractivity contribution in [2.45, 2.75) is 26.3 Å². The van der Waals surface area contributed by atoms with Gasteiger partial charge in [0.15, 0.2) is 5.11 Å². The molecule has 0 fully saturated rings. The Balaban J connectivity index is 1.81. The second kappa shape index (κ2) is 6.95. The SMILES string of the molecule is CCCc1ccc(NC(=S)NCc2ccco2)cc1. The lowest BCUT2D eigenvalue weighted by Gasteiger charge is -2.10. The molecule has 0 aliphatic carbocycles. The molecule has 0 saturated carbocycles. The molecule has 0 unspecified atom stereocenters. The van der Waals surface area contributed by atoms with Crippen molar-refractivity contribution < 1.29 is 4.42 Å². The number of aryl methyl sites for hydroxylation is 1. The van der Waals surface area contributed by atoms with Crippen molar-refractivity contribution in [2.24, 2.45) is 0 Å². The van der Waals surface area contributed by atoms with Crippen LogP contribution in [-0.4, -0.2) is 5.11 Å². The van der Waals surface area contributed by atoms with E-state index < -0.39 is 0 Å². The minimum Gasteiger partial charge on any atom is -0.467 e. The molecule has 3 nitrogen and oxygen atoms in total. The Kier molecular flexibility index (Phi) is 4.98. The summed E-state index contributed by atoms with van der Waals surface area (Å²) in [5, 5.41) is 6.85. The van der Waals surface area contributed by atoms with Gasteiger partial charge < -0.3 is 15.1 Å². The van der Waals surface area contributed by atoms with E-state index in [1.807, 2.05) is 24.3 Å². The minimum absolute atomic E-state index is 0.590. The van der Waals surface area contributed by atoms with E-state index in [-0.39, 0.29) is 0 Å². The van der Waals surface area contributed by atoms with Crippen LogP contribution in [0, 0.1) is 0 Å². The van der Waals surface area contributed by atoms with Crippen LogP contribution in [0.2, 0.25) is 0 Å². The smallest absolute Gasteiger partial charge is 0.171 e. The summed E-state index contributed by atoms with van der Waals surface area (Å²) < 4.78 is 5.23. The first-order valence-corrected chi connectivity index (χ1v) is 6.85. The van der Waals surface area contributed by atoms with Crippen molar-refractivity contribution in [3.8, 4) is 0 Å². The molecule has 2 rings (SSSR count). The third kappa shape index (κ3) is 4.41. The maximum Gasteiger partial charge on any atom is 0.171 e. The molecule has 2 N–H and O–H groups in total. The first kappa shape index (κ1) is 13.6. The molecule has 19 heavy (non-hydrogen) atoms. The molecule has 1 heterocycles. The van der Waals surface area contributed by atoms with E-state index in [4.69, 9.17) is 16.6 Å². The molecule has 1 aromatic carbocycles. The van der Waals surface area contributed by atoms with Crippen LogP contribution in [0.4, 0.5) is 5.69 Å². The Bertz CT molecular complexity index is 505. The number of rotatable bonds is 5. The lowest BCUT2D eigenvalue weighted by Crippen LogP contribution is -2.27. The normalized spacial score (nSPS) is 10.2. The summed E-state index contributed by atoms with van der Waals surface area (Å²) in [5.41, 5.74) is 2.35. The lowest BCUT2D eigenvalue weighted by molar-refractivity contribution is 0.503. The van der Waals surface area contributed by atoms with Crippen LogP contribution in [0.15, 0.2) is 47.1 Å².